The number of halogens is 1. The molecular weight excluding hydrogens is 364 g/mol. The van der Waals surface area contributed by atoms with E-state index >= 15 is 0 Å². The number of rotatable bonds is 3. The Kier molecular flexibility index (Phi) is 6.59. The van der Waals surface area contributed by atoms with Crippen LogP contribution in [0.2, 0.25) is 0 Å². The van der Waals surface area contributed by atoms with Gasteiger partial charge in [0, 0.05) is 47.8 Å². The van der Waals surface area contributed by atoms with Gasteiger partial charge in [0.15, 0.2) is 0 Å². The standard InChI is InChI=1S/C19H28N6O.ClH/c1-11-9-12(2)22-19(21-11)25-16(6)17(14(4)23-25)10-18(26)24-8-7-20-13(3)15(24)5;/h9,13,15,20H,7-8,10H2,1-6H3;1H. The highest BCUT2D eigenvalue weighted by molar-refractivity contribution is 5.85. The molecule has 0 aliphatic carbocycles. The number of hydrogen-bond acceptors (Lipinski definition) is 5. The second kappa shape index (κ2) is 8.35. The lowest BCUT2D eigenvalue weighted by Crippen LogP contribution is -2.57. The zero-order chi connectivity index (χ0) is 19.0. The number of aromatic nitrogens is 4. The minimum absolute atomic E-state index is 0. The Morgan fingerprint density at radius 3 is 2.44 bits per heavy atom. The Balaban J connectivity index is 0.00000261. The van der Waals surface area contributed by atoms with Crippen LogP contribution in [0.25, 0.3) is 5.95 Å². The monoisotopic (exact) mass is 392 g/mol. The third kappa shape index (κ3) is 4.30. The maximum atomic E-state index is 12.9. The summed E-state index contributed by atoms with van der Waals surface area (Å²) in [7, 11) is 0. The molecule has 1 saturated heterocycles. The van der Waals surface area contributed by atoms with Crippen molar-refractivity contribution < 1.29 is 4.79 Å². The average molecular weight is 393 g/mol. The third-order valence-electron chi connectivity index (χ3n) is 5.28. The summed E-state index contributed by atoms with van der Waals surface area (Å²) in [5, 5.41) is 8.02. The van der Waals surface area contributed by atoms with Crippen LogP contribution in [-0.4, -0.2) is 55.7 Å². The fourth-order valence-electron chi connectivity index (χ4n) is 3.59. The topological polar surface area (TPSA) is 75.9 Å². The molecule has 0 aromatic carbocycles. The Morgan fingerprint density at radius 2 is 1.81 bits per heavy atom. The molecule has 2 aromatic heterocycles. The first-order valence-electron chi connectivity index (χ1n) is 9.18. The van der Waals surface area contributed by atoms with E-state index in [0.717, 1.165) is 41.4 Å². The summed E-state index contributed by atoms with van der Waals surface area (Å²) in [4.78, 5) is 23.9. The van der Waals surface area contributed by atoms with E-state index in [0.29, 0.717) is 18.4 Å². The molecule has 7 nitrogen and oxygen atoms in total. The van der Waals surface area contributed by atoms with Crippen LogP contribution >= 0.6 is 12.4 Å². The summed E-state index contributed by atoms with van der Waals surface area (Å²) in [5.41, 5.74) is 4.56. The van der Waals surface area contributed by atoms with Crippen LogP contribution in [-0.2, 0) is 11.2 Å². The lowest BCUT2D eigenvalue weighted by atomic mass is 10.0. The maximum Gasteiger partial charge on any atom is 0.251 e. The summed E-state index contributed by atoms with van der Waals surface area (Å²) >= 11 is 0. The predicted octanol–water partition coefficient (Wildman–Crippen LogP) is 2.07. The largest absolute Gasteiger partial charge is 0.337 e. The molecule has 1 fully saturated rings. The van der Waals surface area contributed by atoms with Crippen LogP contribution in [0.1, 0.15) is 42.2 Å². The lowest BCUT2D eigenvalue weighted by Gasteiger charge is -2.38. The van der Waals surface area contributed by atoms with Gasteiger partial charge in [0.1, 0.15) is 0 Å². The highest BCUT2D eigenvalue weighted by Gasteiger charge is 2.29. The fourth-order valence-corrected chi connectivity index (χ4v) is 3.59. The van der Waals surface area contributed by atoms with Gasteiger partial charge in [0.25, 0.3) is 5.95 Å². The summed E-state index contributed by atoms with van der Waals surface area (Å²) < 4.78 is 1.75. The molecule has 2 aromatic rings. The second-order valence-electron chi connectivity index (χ2n) is 7.26. The van der Waals surface area contributed by atoms with Gasteiger partial charge in [-0.15, -0.1) is 12.4 Å². The SMILES string of the molecule is Cc1cc(C)nc(-n2nc(C)c(CC(=O)N3CCNC(C)C3C)c2C)n1.Cl. The quantitative estimate of drug-likeness (QED) is 0.865. The van der Waals surface area contributed by atoms with E-state index in [4.69, 9.17) is 0 Å². The van der Waals surface area contributed by atoms with E-state index < -0.39 is 0 Å². The van der Waals surface area contributed by atoms with E-state index in [-0.39, 0.29) is 24.4 Å². The summed E-state index contributed by atoms with van der Waals surface area (Å²) in [6.07, 6.45) is 0.361. The molecule has 1 aliphatic heterocycles. The number of amides is 1. The smallest absolute Gasteiger partial charge is 0.251 e. The number of carbonyl (C=O) groups is 1. The minimum Gasteiger partial charge on any atom is -0.337 e. The Morgan fingerprint density at radius 1 is 1.19 bits per heavy atom. The van der Waals surface area contributed by atoms with Gasteiger partial charge in [0.05, 0.1) is 12.1 Å². The molecule has 0 spiro atoms. The number of hydrogen-bond donors (Lipinski definition) is 1. The van der Waals surface area contributed by atoms with E-state index in [1.54, 1.807) is 4.68 Å². The fraction of sp³-hybridized carbons (Fsp3) is 0.579. The summed E-state index contributed by atoms with van der Waals surface area (Å²) in [6, 6.07) is 2.43. The van der Waals surface area contributed by atoms with Crippen molar-refractivity contribution in [3.63, 3.8) is 0 Å². The molecule has 148 valence electrons. The molecular formula is C19H29ClN6O. The minimum atomic E-state index is 0. The number of nitrogens with one attached hydrogen (secondary N) is 1. The van der Waals surface area contributed by atoms with Crippen LogP contribution in [0.3, 0.4) is 0 Å². The van der Waals surface area contributed by atoms with Crippen LogP contribution in [0.5, 0.6) is 0 Å². The normalized spacial score (nSPS) is 19.7. The average Bonchev–Trinajstić information content (AvgIpc) is 2.84. The molecule has 3 rings (SSSR count). The Bertz CT molecular complexity index is 814. The summed E-state index contributed by atoms with van der Waals surface area (Å²) in [5.74, 6) is 0.712. The molecule has 3 heterocycles. The number of carbonyl (C=O) groups excluding carboxylic acids is 1. The van der Waals surface area contributed by atoms with Gasteiger partial charge >= 0.3 is 0 Å². The highest BCUT2D eigenvalue weighted by atomic mass is 35.5. The first kappa shape index (κ1) is 21.3. The van der Waals surface area contributed by atoms with Crippen molar-refractivity contribution in [2.75, 3.05) is 13.1 Å². The predicted molar refractivity (Wildman–Crippen MR) is 108 cm³/mol. The van der Waals surface area contributed by atoms with E-state index in [2.05, 4.69) is 34.2 Å². The van der Waals surface area contributed by atoms with E-state index in [9.17, 15) is 4.79 Å². The van der Waals surface area contributed by atoms with Crippen molar-refractivity contribution in [1.82, 2.24) is 30.0 Å². The van der Waals surface area contributed by atoms with Crippen molar-refractivity contribution in [1.29, 1.82) is 0 Å². The van der Waals surface area contributed by atoms with Gasteiger partial charge in [-0.05, 0) is 47.6 Å². The van der Waals surface area contributed by atoms with Crippen molar-refractivity contribution in [3.8, 4) is 5.95 Å². The number of aryl methyl sites for hydroxylation is 3. The first-order valence-corrected chi connectivity index (χ1v) is 9.18. The molecule has 8 heteroatoms. The third-order valence-corrected chi connectivity index (χ3v) is 5.28. The van der Waals surface area contributed by atoms with Crippen molar-refractivity contribution in [3.05, 3.63) is 34.4 Å². The molecule has 1 N–H and O–H groups in total. The van der Waals surface area contributed by atoms with Gasteiger partial charge in [-0.2, -0.15) is 5.10 Å². The molecule has 1 aliphatic rings. The van der Waals surface area contributed by atoms with Crippen LogP contribution in [0.4, 0.5) is 0 Å². The van der Waals surface area contributed by atoms with Crippen LogP contribution in [0.15, 0.2) is 6.07 Å². The molecule has 0 saturated carbocycles. The molecule has 0 bridgehead atoms. The Hall–Kier alpha value is -1.99. The highest BCUT2D eigenvalue weighted by Crippen LogP contribution is 2.19. The molecule has 27 heavy (non-hydrogen) atoms. The van der Waals surface area contributed by atoms with Gasteiger partial charge in [-0.1, -0.05) is 0 Å². The van der Waals surface area contributed by atoms with Gasteiger partial charge in [-0.3, -0.25) is 4.79 Å². The molecule has 1 amide bonds. The lowest BCUT2D eigenvalue weighted by molar-refractivity contribution is -0.134. The molecule has 2 unspecified atom stereocenters. The van der Waals surface area contributed by atoms with E-state index in [1.807, 2.05) is 38.7 Å². The van der Waals surface area contributed by atoms with Crippen molar-refractivity contribution in [2.45, 2.75) is 60.0 Å². The summed E-state index contributed by atoms with van der Waals surface area (Å²) in [6.45, 7) is 13.6. The van der Waals surface area contributed by atoms with Crippen molar-refractivity contribution in [2.24, 2.45) is 0 Å². The maximum absolute atomic E-state index is 12.9. The van der Waals surface area contributed by atoms with Crippen molar-refractivity contribution >= 4 is 18.3 Å². The van der Waals surface area contributed by atoms with E-state index in [1.165, 1.54) is 0 Å². The van der Waals surface area contributed by atoms with Gasteiger partial charge in [0.2, 0.25) is 5.91 Å². The molecule has 2 atom stereocenters. The number of nitrogens with zero attached hydrogens (tertiary/aromatic N) is 5. The first-order chi connectivity index (χ1) is 12.3. The van der Waals surface area contributed by atoms with Crippen LogP contribution in [0, 0.1) is 27.7 Å². The zero-order valence-electron chi connectivity index (χ0n) is 16.9. The van der Waals surface area contributed by atoms with Gasteiger partial charge < -0.3 is 10.2 Å². The second-order valence-corrected chi connectivity index (χ2v) is 7.26. The van der Waals surface area contributed by atoms with Crippen LogP contribution < -0.4 is 5.32 Å². The molecule has 0 radical (unpaired) electrons. The van der Waals surface area contributed by atoms with Gasteiger partial charge in [-0.25, -0.2) is 14.6 Å². The zero-order valence-corrected chi connectivity index (χ0v) is 17.7. The number of piperazine rings is 1. The Labute approximate surface area is 167 Å².